The van der Waals surface area contributed by atoms with Gasteiger partial charge in [0.1, 0.15) is 38.5 Å². The van der Waals surface area contributed by atoms with E-state index in [4.69, 9.17) is 4.74 Å². The highest BCUT2D eigenvalue weighted by atomic mass is 16.5. The quantitative estimate of drug-likeness (QED) is 0.596. The van der Waals surface area contributed by atoms with Crippen LogP contribution in [-0.2, 0) is 16.1 Å². The van der Waals surface area contributed by atoms with Crippen LogP contribution in [0.4, 0.5) is 4.79 Å². The number of nitrogens with one attached hydrogen (secondary N) is 3. The fourth-order valence-electron chi connectivity index (χ4n) is 3.01. The molecule has 2 rings (SSSR count). The Balaban J connectivity index is 1.79. The Morgan fingerprint density at radius 1 is 1.12 bits per heavy atom. The lowest BCUT2D eigenvalue weighted by Gasteiger charge is -2.32. The summed E-state index contributed by atoms with van der Waals surface area (Å²) in [7, 11) is 2.92. The molecule has 1 fully saturated rings. The molecule has 1 saturated heterocycles. The first-order valence-corrected chi connectivity index (χ1v) is 8.23. The predicted octanol–water partition coefficient (Wildman–Crippen LogP) is -1.75. The van der Waals surface area contributed by atoms with Crippen molar-refractivity contribution in [1.29, 1.82) is 0 Å². The van der Waals surface area contributed by atoms with E-state index in [0.29, 0.717) is 0 Å². The van der Waals surface area contributed by atoms with Gasteiger partial charge in [0.25, 0.3) is 5.91 Å². The van der Waals surface area contributed by atoms with Crippen LogP contribution in [0.3, 0.4) is 0 Å². The molecule has 3 N–H and O–H groups in total. The molecule has 1 atom stereocenters. The highest BCUT2D eigenvalue weighted by molar-refractivity contribution is 5.93. The Bertz CT molecular complexity index is 553. The smallest absolute Gasteiger partial charge is 0.413 e. The third-order valence-electron chi connectivity index (χ3n) is 4.63. The summed E-state index contributed by atoms with van der Waals surface area (Å²) in [5, 5.41) is 2.25. The fourth-order valence-corrected chi connectivity index (χ4v) is 3.01. The number of hydrogen-bond acceptors (Lipinski definition) is 4. The molecule has 7 heteroatoms. The summed E-state index contributed by atoms with van der Waals surface area (Å²) in [6.07, 6.45) is -0.699. The van der Waals surface area contributed by atoms with Gasteiger partial charge in [-0.2, -0.15) is 0 Å². The molecule has 1 aromatic rings. The van der Waals surface area contributed by atoms with Crippen LogP contribution in [0.15, 0.2) is 24.3 Å². The SMILES string of the molecule is COC(=O)NC(=O)[C@@H](C)[NH+]1CC[NH+](Cc2ccc(OC)cc2)CC1. The number of amides is 2. The summed E-state index contributed by atoms with van der Waals surface area (Å²) in [5.74, 6) is 0.587. The molecule has 0 saturated carbocycles. The topological polar surface area (TPSA) is 73.5 Å². The second-order valence-electron chi connectivity index (χ2n) is 6.14. The van der Waals surface area contributed by atoms with E-state index in [-0.39, 0.29) is 11.9 Å². The Labute approximate surface area is 142 Å². The molecule has 7 nitrogen and oxygen atoms in total. The number of alkyl carbamates (subject to hydrolysis) is 1. The van der Waals surface area contributed by atoms with Gasteiger partial charge in [-0.1, -0.05) is 0 Å². The van der Waals surface area contributed by atoms with Crippen molar-refractivity contribution in [3.8, 4) is 5.75 Å². The van der Waals surface area contributed by atoms with Crippen LogP contribution in [0.1, 0.15) is 12.5 Å². The second kappa shape index (κ2) is 8.65. The normalized spacial score (nSPS) is 21.6. The first kappa shape index (κ1) is 18.2. The summed E-state index contributed by atoms with van der Waals surface area (Å²) in [5.41, 5.74) is 1.28. The zero-order chi connectivity index (χ0) is 17.5. The zero-order valence-corrected chi connectivity index (χ0v) is 14.6. The van der Waals surface area contributed by atoms with E-state index in [1.165, 1.54) is 22.5 Å². The summed E-state index contributed by atoms with van der Waals surface area (Å²) in [4.78, 5) is 25.8. The van der Waals surface area contributed by atoms with Gasteiger partial charge in [-0.3, -0.25) is 10.1 Å². The molecule has 1 aliphatic heterocycles. The lowest BCUT2D eigenvalue weighted by Crippen LogP contribution is -3.29. The molecule has 0 bridgehead atoms. The highest BCUT2D eigenvalue weighted by Crippen LogP contribution is 2.10. The molecule has 0 unspecified atom stereocenters. The highest BCUT2D eigenvalue weighted by Gasteiger charge is 2.31. The maximum absolute atomic E-state index is 12.0. The minimum Gasteiger partial charge on any atom is -0.497 e. The molecular formula is C17H27N3O4+2. The van der Waals surface area contributed by atoms with Crippen LogP contribution in [0.2, 0.25) is 0 Å². The Morgan fingerprint density at radius 3 is 2.29 bits per heavy atom. The Kier molecular flexibility index (Phi) is 6.57. The van der Waals surface area contributed by atoms with Gasteiger partial charge in [0, 0.05) is 5.56 Å². The number of rotatable bonds is 5. The Hall–Kier alpha value is -2.12. The predicted molar refractivity (Wildman–Crippen MR) is 88.1 cm³/mol. The van der Waals surface area contributed by atoms with E-state index in [2.05, 4.69) is 22.2 Å². The van der Waals surface area contributed by atoms with Crippen molar-refractivity contribution in [2.24, 2.45) is 0 Å². The van der Waals surface area contributed by atoms with Crippen molar-refractivity contribution >= 4 is 12.0 Å². The van der Waals surface area contributed by atoms with Crippen LogP contribution in [0, 0.1) is 0 Å². The molecule has 1 heterocycles. The zero-order valence-electron chi connectivity index (χ0n) is 14.6. The molecule has 24 heavy (non-hydrogen) atoms. The van der Waals surface area contributed by atoms with Crippen molar-refractivity contribution in [3.63, 3.8) is 0 Å². The number of carbonyl (C=O) groups excluding carboxylic acids is 2. The van der Waals surface area contributed by atoms with Gasteiger partial charge < -0.3 is 19.3 Å². The van der Waals surface area contributed by atoms with Gasteiger partial charge in [0.15, 0.2) is 6.04 Å². The maximum atomic E-state index is 12.0. The second-order valence-corrected chi connectivity index (χ2v) is 6.14. The van der Waals surface area contributed by atoms with Gasteiger partial charge in [0.05, 0.1) is 14.2 Å². The van der Waals surface area contributed by atoms with E-state index >= 15 is 0 Å². The largest absolute Gasteiger partial charge is 0.497 e. The van der Waals surface area contributed by atoms with Gasteiger partial charge >= 0.3 is 6.09 Å². The van der Waals surface area contributed by atoms with Crippen LogP contribution < -0.4 is 19.9 Å². The van der Waals surface area contributed by atoms with E-state index in [1.807, 2.05) is 19.1 Å². The third-order valence-corrected chi connectivity index (χ3v) is 4.63. The lowest BCUT2D eigenvalue weighted by molar-refractivity contribution is -1.02. The lowest BCUT2D eigenvalue weighted by atomic mass is 10.1. The summed E-state index contributed by atoms with van der Waals surface area (Å²) < 4.78 is 9.64. The fraction of sp³-hybridized carbons (Fsp3) is 0.529. The van der Waals surface area contributed by atoms with E-state index < -0.39 is 6.09 Å². The van der Waals surface area contributed by atoms with Crippen LogP contribution >= 0.6 is 0 Å². The number of piperazine rings is 1. The molecule has 132 valence electrons. The molecule has 0 spiro atoms. The summed E-state index contributed by atoms with van der Waals surface area (Å²) >= 11 is 0. The van der Waals surface area contributed by atoms with Gasteiger partial charge in [-0.05, 0) is 31.2 Å². The number of hydrogen-bond donors (Lipinski definition) is 3. The number of benzene rings is 1. The third kappa shape index (κ3) is 4.94. The van der Waals surface area contributed by atoms with Gasteiger partial charge in [0.2, 0.25) is 0 Å². The van der Waals surface area contributed by atoms with Crippen molar-refractivity contribution in [2.45, 2.75) is 19.5 Å². The number of carbonyl (C=O) groups is 2. The van der Waals surface area contributed by atoms with Crippen molar-refractivity contribution in [3.05, 3.63) is 29.8 Å². The minimum atomic E-state index is -0.699. The summed E-state index contributed by atoms with van der Waals surface area (Å²) in [6, 6.07) is 7.90. The number of quaternary nitrogens is 2. The van der Waals surface area contributed by atoms with E-state index in [0.717, 1.165) is 38.5 Å². The van der Waals surface area contributed by atoms with Gasteiger partial charge in [-0.25, -0.2) is 4.79 Å². The summed E-state index contributed by atoms with van der Waals surface area (Å²) in [6.45, 7) is 6.62. The van der Waals surface area contributed by atoms with Crippen molar-refractivity contribution in [2.75, 3.05) is 40.4 Å². The van der Waals surface area contributed by atoms with Crippen LogP contribution in [-0.4, -0.2) is 58.4 Å². The average molecular weight is 337 g/mol. The molecule has 0 aromatic heterocycles. The molecule has 1 aromatic carbocycles. The Morgan fingerprint density at radius 2 is 1.75 bits per heavy atom. The monoisotopic (exact) mass is 337 g/mol. The maximum Gasteiger partial charge on any atom is 0.413 e. The average Bonchev–Trinajstić information content (AvgIpc) is 2.62. The molecule has 0 aliphatic carbocycles. The van der Waals surface area contributed by atoms with Crippen LogP contribution in [0.25, 0.3) is 0 Å². The van der Waals surface area contributed by atoms with Crippen molar-refractivity contribution < 1.29 is 28.9 Å². The number of imide groups is 1. The van der Waals surface area contributed by atoms with Gasteiger partial charge in [-0.15, -0.1) is 0 Å². The number of ether oxygens (including phenoxy) is 2. The molecular weight excluding hydrogens is 310 g/mol. The molecule has 2 amide bonds. The first-order chi connectivity index (χ1) is 11.5. The van der Waals surface area contributed by atoms with Crippen LogP contribution in [0.5, 0.6) is 5.75 Å². The molecule has 1 aliphatic rings. The minimum absolute atomic E-state index is 0.258. The number of methoxy groups -OCH3 is 2. The van der Waals surface area contributed by atoms with Crippen molar-refractivity contribution in [1.82, 2.24) is 5.32 Å². The van der Waals surface area contributed by atoms with E-state index in [9.17, 15) is 9.59 Å². The standard InChI is InChI=1S/C17H25N3O4/c1-13(16(21)18-17(22)24-3)20-10-8-19(9-11-20)12-14-4-6-15(23-2)7-5-14/h4-7,13H,8-12H2,1-3H3,(H,18,21,22)/p+2/t13-/m1/s1. The molecule has 0 radical (unpaired) electrons. The van der Waals surface area contributed by atoms with E-state index in [1.54, 1.807) is 7.11 Å². The first-order valence-electron chi connectivity index (χ1n) is 8.23.